The van der Waals surface area contributed by atoms with Crippen LogP contribution in [-0.2, 0) is 12.6 Å². The minimum atomic E-state index is -4.30. The average molecular weight is 279 g/mol. The third kappa shape index (κ3) is 3.39. The first-order chi connectivity index (χ1) is 9.38. The predicted octanol–water partition coefficient (Wildman–Crippen LogP) is 4.26. The molecular formula is C16H16F3N. The standard InChI is InChI=1S/C16H16F3N/c1-11(20)10-13-4-2-3-5-15(13)12-6-8-14(9-7-12)16(17,18)19/h2-9,11H,10,20H2,1H3. The van der Waals surface area contributed by atoms with Gasteiger partial charge in [0.2, 0.25) is 0 Å². The van der Waals surface area contributed by atoms with Crippen LogP contribution >= 0.6 is 0 Å². The number of nitrogens with two attached hydrogens (primary N) is 1. The van der Waals surface area contributed by atoms with Crippen LogP contribution in [0.1, 0.15) is 18.1 Å². The lowest BCUT2D eigenvalue weighted by molar-refractivity contribution is -0.137. The van der Waals surface area contributed by atoms with E-state index in [2.05, 4.69) is 0 Å². The van der Waals surface area contributed by atoms with Crippen molar-refractivity contribution >= 4 is 0 Å². The molecule has 4 heteroatoms. The fourth-order valence-corrected chi connectivity index (χ4v) is 2.17. The summed E-state index contributed by atoms with van der Waals surface area (Å²) in [5.74, 6) is 0. The molecule has 0 spiro atoms. The summed E-state index contributed by atoms with van der Waals surface area (Å²) in [6, 6.07) is 12.9. The van der Waals surface area contributed by atoms with Gasteiger partial charge in [0.15, 0.2) is 0 Å². The van der Waals surface area contributed by atoms with Crippen molar-refractivity contribution in [3.05, 3.63) is 59.7 Å². The Morgan fingerprint density at radius 3 is 2.15 bits per heavy atom. The molecule has 0 saturated carbocycles. The third-order valence-corrected chi connectivity index (χ3v) is 3.08. The molecule has 0 aromatic heterocycles. The second-order valence-electron chi connectivity index (χ2n) is 4.91. The van der Waals surface area contributed by atoms with Crippen LogP contribution in [0.2, 0.25) is 0 Å². The van der Waals surface area contributed by atoms with Gasteiger partial charge in [0, 0.05) is 6.04 Å². The Morgan fingerprint density at radius 1 is 1.00 bits per heavy atom. The van der Waals surface area contributed by atoms with Gasteiger partial charge in [0.25, 0.3) is 0 Å². The van der Waals surface area contributed by atoms with Crippen LogP contribution in [-0.4, -0.2) is 6.04 Å². The van der Waals surface area contributed by atoms with Crippen LogP contribution in [0.4, 0.5) is 13.2 Å². The van der Waals surface area contributed by atoms with E-state index in [1.165, 1.54) is 12.1 Å². The highest BCUT2D eigenvalue weighted by Gasteiger charge is 2.30. The molecule has 20 heavy (non-hydrogen) atoms. The van der Waals surface area contributed by atoms with Gasteiger partial charge in [-0.05, 0) is 42.2 Å². The first-order valence-electron chi connectivity index (χ1n) is 6.39. The molecule has 2 rings (SSSR count). The molecule has 2 N–H and O–H groups in total. The summed E-state index contributed by atoms with van der Waals surface area (Å²) in [7, 11) is 0. The second kappa shape index (κ2) is 5.67. The Morgan fingerprint density at radius 2 is 1.60 bits per heavy atom. The Labute approximate surface area is 116 Å². The minimum Gasteiger partial charge on any atom is -0.328 e. The Kier molecular flexibility index (Phi) is 4.14. The zero-order valence-corrected chi connectivity index (χ0v) is 11.1. The van der Waals surface area contributed by atoms with Gasteiger partial charge in [-0.25, -0.2) is 0 Å². The maximum Gasteiger partial charge on any atom is 0.416 e. The normalized spacial score (nSPS) is 13.2. The molecule has 0 aliphatic heterocycles. The molecule has 0 radical (unpaired) electrons. The van der Waals surface area contributed by atoms with E-state index >= 15 is 0 Å². The summed E-state index contributed by atoms with van der Waals surface area (Å²) in [6.45, 7) is 1.91. The fourth-order valence-electron chi connectivity index (χ4n) is 2.17. The van der Waals surface area contributed by atoms with E-state index in [1.807, 2.05) is 31.2 Å². The Hall–Kier alpha value is -1.81. The molecule has 2 aromatic rings. The van der Waals surface area contributed by atoms with Gasteiger partial charge >= 0.3 is 6.18 Å². The number of hydrogen-bond donors (Lipinski definition) is 1. The van der Waals surface area contributed by atoms with Gasteiger partial charge in [-0.15, -0.1) is 0 Å². The highest BCUT2D eigenvalue weighted by molar-refractivity contribution is 5.67. The van der Waals surface area contributed by atoms with Crippen molar-refractivity contribution in [2.45, 2.75) is 25.6 Å². The van der Waals surface area contributed by atoms with Gasteiger partial charge in [-0.1, -0.05) is 36.4 Å². The molecule has 0 heterocycles. The summed E-state index contributed by atoms with van der Waals surface area (Å²) >= 11 is 0. The molecule has 1 nitrogen and oxygen atoms in total. The minimum absolute atomic E-state index is 0.00518. The molecule has 0 amide bonds. The van der Waals surface area contributed by atoms with Gasteiger partial charge in [0.1, 0.15) is 0 Å². The van der Waals surface area contributed by atoms with Crippen LogP contribution in [0, 0.1) is 0 Å². The van der Waals surface area contributed by atoms with Crippen LogP contribution in [0.3, 0.4) is 0 Å². The van der Waals surface area contributed by atoms with Crippen molar-refractivity contribution in [3.63, 3.8) is 0 Å². The smallest absolute Gasteiger partial charge is 0.328 e. The van der Waals surface area contributed by atoms with E-state index in [-0.39, 0.29) is 6.04 Å². The summed E-state index contributed by atoms with van der Waals surface area (Å²) in [6.07, 6.45) is -3.61. The predicted molar refractivity (Wildman–Crippen MR) is 74.2 cm³/mol. The van der Waals surface area contributed by atoms with Crippen molar-refractivity contribution in [3.8, 4) is 11.1 Å². The van der Waals surface area contributed by atoms with Gasteiger partial charge in [-0.2, -0.15) is 13.2 Å². The van der Waals surface area contributed by atoms with E-state index in [9.17, 15) is 13.2 Å². The summed E-state index contributed by atoms with van der Waals surface area (Å²) in [5.41, 5.74) is 7.92. The number of rotatable bonds is 3. The molecule has 1 atom stereocenters. The van der Waals surface area contributed by atoms with Gasteiger partial charge in [0.05, 0.1) is 5.56 Å². The molecule has 1 unspecified atom stereocenters. The zero-order valence-electron chi connectivity index (χ0n) is 11.1. The summed E-state index contributed by atoms with van der Waals surface area (Å²) in [5, 5.41) is 0. The fraction of sp³-hybridized carbons (Fsp3) is 0.250. The second-order valence-corrected chi connectivity index (χ2v) is 4.91. The third-order valence-electron chi connectivity index (χ3n) is 3.08. The van der Waals surface area contributed by atoms with Gasteiger partial charge < -0.3 is 5.73 Å². The lowest BCUT2D eigenvalue weighted by atomic mass is 9.95. The number of halogens is 3. The van der Waals surface area contributed by atoms with Crippen molar-refractivity contribution in [1.29, 1.82) is 0 Å². The van der Waals surface area contributed by atoms with Crippen molar-refractivity contribution in [2.24, 2.45) is 5.73 Å². The molecule has 0 aliphatic rings. The first kappa shape index (κ1) is 14.6. The van der Waals surface area contributed by atoms with Crippen molar-refractivity contribution in [1.82, 2.24) is 0 Å². The highest BCUT2D eigenvalue weighted by Crippen LogP contribution is 2.32. The molecule has 0 fully saturated rings. The average Bonchev–Trinajstić information content (AvgIpc) is 2.38. The molecule has 0 bridgehead atoms. The summed E-state index contributed by atoms with van der Waals surface area (Å²) < 4.78 is 37.7. The largest absolute Gasteiger partial charge is 0.416 e. The van der Waals surface area contributed by atoms with Gasteiger partial charge in [-0.3, -0.25) is 0 Å². The SMILES string of the molecule is CC(N)Cc1ccccc1-c1ccc(C(F)(F)F)cc1. The topological polar surface area (TPSA) is 26.0 Å². The molecule has 106 valence electrons. The number of hydrogen-bond acceptors (Lipinski definition) is 1. The number of alkyl halides is 3. The number of benzene rings is 2. The zero-order chi connectivity index (χ0) is 14.8. The monoisotopic (exact) mass is 279 g/mol. The summed E-state index contributed by atoms with van der Waals surface area (Å²) in [4.78, 5) is 0. The van der Waals surface area contributed by atoms with E-state index in [4.69, 9.17) is 5.73 Å². The maximum absolute atomic E-state index is 12.6. The Bertz CT molecular complexity index is 571. The van der Waals surface area contributed by atoms with Crippen LogP contribution < -0.4 is 5.73 Å². The van der Waals surface area contributed by atoms with Crippen LogP contribution in [0.5, 0.6) is 0 Å². The van der Waals surface area contributed by atoms with Crippen molar-refractivity contribution in [2.75, 3.05) is 0 Å². The quantitative estimate of drug-likeness (QED) is 0.892. The van der Waals surface area contributed by atoms with E-state index < -0.39 is 11.7 Å². The van der Waals surface area contributed by atoms with Crippen LogP contribution in [0.15, 0.2) is 48.5 Å². The lowest BCUT2D eigenvalue weighted by Crippen LogP contribution is -2.18. The van der Waals surface area contributed by atoms with Crippen LogP contribution in [0.25, 0.3) is 11.1 Å². The maximum atomic E-state index is 12.6. The molecule has 2 aromatic carbocycles. The highest BCUT2D eigenvalue weighted by atomic mass is 19.4. The van der Waals surface area contributed by atoms with E-state index in [0.29, 0.717) is 6.42 Å². The van der Waals surface area contributed by atoms with Crippen molar-refractivity contribution < 1.29 is 13.2 Å². The molecular weight excluding hydrogens is 263 g/mol. The lowest BCUT2D eigenvalue weighted by Gasteiger charge is -2.13. The van der Waals surface area contributed by atoms with E-state index in [1.54, 1.807) is 0 Å². The van der Waals surface area contributed by atoms with E-state index in [0.717, 1.165) is 28.8 Å². The first-order valence-corrected chi connectivity index (χ1v) is 6.39. The Balaban J connectivity index is 2.37. The molecule has 0 saturated heterocycles. The molecule has 0 aliphatic carbocycles.